The molecule has 0 fully saturated rings. The van der Waals surface area contributed by atoms with Crippen LogP contribution in [0.15, 0.2) is 52.2 Å². The van der Waals surface area contributed by atoms with E-state index >= 15 is 0 Å². The Balaban J connectivity index is 1.90. The molecule has 0 saturated heterocycles. The van der Waals surface area contributed by atoms with Gasteiger partial charge in [-0.1, -0.05) is 6.07 Å². The standard InChI is InChI=1S/C18H17N3O5S/c1-11-6-13-8-14(18(22)20-17(13)7-12(11)2)10-19-27(25,26)16-5-3-4-15(9-16)21(23)24/h3-9,19H,10H2,1-2H3,(H,20,22). The zero-order valence-corrected chi connectivity index (χ0v) is 15.5. The molecule has 3 rings (SSSR count). The van der Waals surface area contributed by atoms with E-state index in [2.05, 4.69) is 9.71 Å². The first-order chi connectivity index (χ1) is 12.7. The average molecular weight is 387 g/mol. The predicted octanol–water partition coefficient (Wildman–Crippen LogP) is 2.53. The number of benzene rings is 2. The first kappa shape index (κ1) is 18.7. The van der Waals surface area contributed by atoms with E-state index in [0.29, 0.717) is 5.52 Å². The smallest absolute Gasteiger partial charge is 0.270 e. The maximum atomic E-state index is 12.4. The molecule has 2 aromatic carbocycles. The molecule has 2 N–H and O–H groups in total. The topological polar surface area (TPSA) is 122 Å². The van der Waals surface area contributed by atoms with Crippen LogP contribution < -0.4 is 10.3 Å². The fourth-order valence-electron chi connectivity index (χ4n) is 2.67. The average Bonchev–Trinajstić information content (AvgIpc) is 2.62. The molecule has 0 atom stereocenters. The number of nitrogens with zero attached hydrogens (tertiary/aromatic N) is 1. The SMILES string of the molecule is Cc1cc2cc(CNS(=O)(=O)c3cccc([N+](=O)[O-])c3)c(=O)[nH]c2cc1C. The fraction of sp³-hybridized carbons (Fsp3) is 0.167. The second-order valence-electron chi connectivity index (χ2n) is 6.23. The Morgan fingerprint density at radius 1 is 1.11 bits per heavy atom. The highest BCUT2D eigenvalue weighted by Crippen LogP contribution is 2.19. The number of H-pyrrole nitrogens is 1. The third-order valence-corrected chi connectivity index (χ3v) is 5.73. The predicted molar refractivity (Wildman–Crippen MR) is 101 cm³/mol. The van der Waals surface area contributed by atoms with E-state index in [1.54, 1.807) is 6.07 Å². The van der Waals surface area contributed by atoms with Gasteiger partial charge in [-0.2, -0.15) is 0 Å². The van der Waals surface area contributed by atoms with Gasteiger partial charge >= 0.3 is 0 Å². The number of hydrogen-bond donors (Lipinski definition) is 2. The minimum Gasteiger partial charge on any atom is -0.322 e. The Bertz CT molecular complexity index is 1220. The van der Waals surface area contributed by atoms with Gasteiger partial charge in [0.1, 0.15) is 0 Å². The molecule has 0 aliphatic carbocycles. The summed E-state index contributed by atoms with van der Waals surface area (Å²) in [5, 5.41) is 11.6. The number of aryl methyl sites for hydroxylation is 2. The highest BCUT2D eigenvalue weighted by atomic mass is 32.2. The number of fused-ring (bicyclic) bond motifs is 1. The molecule has 0 aliphatic rings. The van der Waals surface area contributed by atoms with Crippen molar-refractivity contribution in [2.24, 2.45) is 0 Å². The number of nitrogens with one attached hydrogen (secondary N) is 2. The lowest BCUT2D eigenvalue weighted by molar-refractivity contribution is -0.385. The van der Waals surface area contributed by atoms with Crippen molar-refractivity contribution in [2.45, 2.75) is 25.3 Å². The first-order valence-electron chi connectivity index (χ1n) is 8.04. The summed E-state index contributed by atoms with van der Waals surface area (Å²) in [6, 6.07) is 10.1. The molecular weight excluding hydrogens is 370 g/mol. The number of aromatic amines is 1. The van der Waals surface area contributed by atoms with Crippen LogP contribution in [0, 0.1) is 24.0 Å². The van der Waals surface area contributed by atoms with Gasteiger partial charge in [0.25, 0.3) is 11.2 Å². The monoisotopic (exact) mass is 387 g/mol. The third-order valence-electron chi connectivity index (χ3n) is 4.33. The van der Waals surface area contributed by atoms with Crippen molar-refractivity contribution >= 4 is 26.6 Å². The second kappa shape index (κ2) is 6.93. The van der Waals surface area contributed by atoms with E-state index in [-0.39, 0.29) is 22.7 Å². The molecule has 1 aromatic heterocycles. The largest absolute Gasteiger partial charge is 0.322 e. The number of nitro groups is 1. The van der Waals surface area contributed by atoms with Crippen molar-refractivity contribution in [3.63, 3.8) is 0 Å². The van der Waals surface area contributed by atoms with Gasteiger partial charge in [-0.3, -0.25) is 14.9 Å². The van der Waals surface area contributed by atoms with Crippen LogP contribution in [0.4, 0.5) is 5.69 Å². The fourth-order valence-corrected chi connectivity index (χ4v) is 3.72. The lowest BCUT2D eigenvalue weighted by Crippen LogP contribution is -2.27. The van der Waals surface area contributed by atoms with Gasteiger partial charge in [-0.05, 0) is 54.6 Å². The molecule has 9 heteroatoms. The number of aromatic nitrogens is 1. The highest BCUT2D eigenvalue weighted by Gasteiger charge is 2.18. The summed E-state index contributed by atoms with van der Waals surface area (Å²) in [5.41, 5.74) is 2.29. The molecule has 0 amide bonds. The van der Waals surface area contributed by atoms with Crippen molar-refractivity contribution in [1.82, 2.24) is 9.71 Å². The van der Waals surface area contributed by atoms with Gasteiger partial charge < -0.3 is 4.98 Å². The molecule has 0 radical (unpaired) electrons. The van der Waals surface area contributed by atoms with Crippen molar-refractivity contribution < 1.29 is 13.3 Å². The summed E-state index contributed by atoms with van der Waals surface area (Å²) in [4.78, 5) is 24.9. The molecule has 0 aliphatic heterocycles. The van der Waals surface area contributed by atoms with Crippen LogP contribution in [0.3, 0.4) is 0 Å². The summed E-state index contributed by atoms with van der Waals surface area (Å²) in [6.45, 7) is 3.65. The van der Waals surface area contributed by atoms with E-state index in [1.807, 2.05) is 26.0 Å². The zero-order chi connectivity index (χ0) is 19.8. The Labute approximate surface area is 155 Å². The van der Waals surface area contributed by atoms with Crippen LogP contribution in [0.2, 0.25) is 0 Å². The molecule has 140 valence electrons. The summed E-state index contributed by atoms with van der Waals surface area (Å²) in [6.07, 6.45) is 0. The molecule has 0 bridgehead atoms. The Morgan fingerprint density at radius 2 is 1.81 bits per heavy atom. The summed E-state index contributed by atoms with van der Waals surface area (Å²) in [5.74, 6) is 0. The van der Waals surface area contributed by atoms with Gasteiger partial charge in [-0.25, -0.2) is 13.1 Å². The molecule has 0 saturated carbocycles. The lowest BCUT2D eigenvalue weighted by atomic mass is 10.1. The number of nitro benzene ring substituents is 1. The quantitative estimate of drug-likeness (QED) is 0.514. The van der Waals surface area contributed by atoms with E-state index < -0.39 is 20.5 Å². The Morgan fingerprint density at radius 3 is 2.52 bits per heavy atom. The zero-order valence-electron chi connectivity index (χ0n) is 14.6. The number of hydrogen-bond acceptors (Lipinski definition) is 5. The van der Waals surface area contributed by atoms with Crippen LogP contribution in [0.5, 0.6) is 0 Å². The Kier molecular flexibility index (Phi) is 4.81. The van der Waals surface area contributed by atoms with Crippen LogP contribution >= 0.6 is 0 Å². The van der Waals surface area contributed by atoms with Gasteiger partial charge in [0, 0.05) is 29.8 Å². The van der Waals surface area contributed by atoms with Gasteiger partial charge in [0.15, 0.2) is 0 Å². The first-order valence-corrected chi connectivity index (χ1v) is 9.53. The molecule has 0 unspecified atom stereocenters. The van der Waals surface area contributed by atoms with E-state index in [0.717, 1.165) is 22.6 Å². The minimum absolute atomic E-state index is 0.233. The third kappa shape index (κ3) is 3.88. The van der Waals surface area contributed by atoms with Crippen molar-refractivity contribution in [3.8, 4) is 0 Å². The number of sulfonamides is 1. The minimum atomic E-state index is -4.01. The lowest BCUT2D eigenvalue weighted by Gasteiger charge is -2.09. The number of rotatable bonds is 5. The summed E-state index contributed by atoms with van der Waals surface area (Å²) in [7, 11) is -4.01. The van der Waals surface area contributed by atoms with Crippen molar-refractivity contribution in [2.75, 3.05) is 0 Å². The summed E-state index contributed by atoms with van der Waals surface area (Å²) < 4.78 is 27.1. The van der Waals surface area contributed by atoms with Crippen LogP contribution in [0.25, 0.3) is 10.9 Å². The van der Waals surface area contributed by atoms with Gasteiger partial charge in [0.05, 0.1) is 9.82 Å². The Hall–Kier alpha value is -3.04. The molecule has 27 heavy (non-hydrogen) atoms. The van der Waals surface area contributed by atoms with E-state index in [9.17, 15) is 23.3 Å². The normalized spacial score (nSPS) is 11.6. The molecule has 1 heterocycles. The molecule has 3 aromatic rings. The maximum Gasteiger partial charge on any atom is 0.270 e. The van der Waals surface area contributed by atoms with Crippen LogP contribution in [-0.4, -0.2) is 18.3 Å². The number of non-ortho nitro benzene ring substituents is 1. The highest BCUT2D eigenvalue weighted by molar-refractivity contribution is 7.89. The second-order valence-corrected chi connectivity index (χ2v) is 7.99. The van der Waals surface area contributed by atoms with Gasteiger partial charge in [-0.15, -0.1) is 0 Å². The van der Waals surface area contributed by atoms with Crippen molar-refractivity contribution in [1.29, 1.82) is 0 Å². The molecule has 8 nitrogen and oxygen atoms in total. The van der Waals surface area contributed by atoms with Gasteiger partial charge in [0.2, 0.25) is 10.0 Å². The molecule has 0 spiro atoms. The van der Waals surface area contributed by atoms with Crippen molar-refractivity contribution in [3.05, 3.63) is 79.6 Å². The molecular formula is C18H17N3O5S. The maximum absolute atomic E-state index is 12.4. The van der Waals surface area contributed by atoms with Crippen LogP contribution in [-0.2, 0) is 16.6 Å². The summed E-state index contributed by atoms with van der Waals surface area (Å²) >= 11 is 0. The van der Waals surface area contributed by atoms with E-state index in [1.165, 1.54) is 18.2 Å². The van der Waals surface area contributed by atoms with Crippen LogP contribution in [0.1, 0.15) is 16.7 Å². The number of pyridine rings is 1. The van der Waals surface area contributed by atoms with E-state index in [4.69, 9.17) is 0 Å².